The van der Waals surface area contributed by atoms with E-state index in [1.165, 1.54) is 0 Å². The van der Waals surface area contributed by atoms with Crippen molar-refractivity contribution in [2.75, 3.05) is 0 Å². The summed E-state index contributed by atoms with van der Waals surface area (Å²) in [6.07, 6.45) is -4.95. The van der Waals surface area contributed by atoms with Gasteiger partial charge in [0.25, 0.3) is 0 Å². The summed E-state index contributed by atoms with van der Waals surface area (Å²) in [6.45, 7) is 0. The quantitative estimate of drug-likeness (QED) is 0.752. The van der Waals surface area contributed by atoms with Crippen molar-refractivity contribution in [2.24, 2.45) is 5.73 Å². The molecule has 0 saturated heterocycles. The molecule has 0 aliphatic heterocycles. The van der Waals surface area contributed by atoms with Crippen molar-refractivity contribution >= 4 is 0 Å². The van der Waals surface area contributed by atoms with E-state index < -0.39 is 40.7 Å². The number of hydrogen-bond donors (Lipinski definition) is 2. The molecule has 0 aromatic heterocycles. The third kappa shape index (κ3) is 2.29. The maximum Gasteiger partial charge on any atom is 0.407 e. The largest absolute Gasteiger partial charge is 0.505 e. The third-order valence-electron chi connectivity index (χ3n) is 2.02. The molecule has 0 radical (unpaired) electrons. The molecule has 0 spiro atoms. The number of phenols is 1. The lowest BCUT2D eigenvalue weighted by atomic mass is 10.0. The first kappa shape index (κ1) is 13.2. The van der Waals surface area contributed by atoms with Crippen molar-refractivity contribution in [1.82, 2.24) is 0 Å². The van der Waals surface area contributed by atoms with Crippen LogP contribution >= 0.6 is 0 Å². The van der Waals surface area contributed by atoms with Crippen LogP contribution in [0.2, 0.25) is 0 Å². The predicted molar refractivity (Wildman–Crippen MR) is 45.7 cm³/mol. The summed E-state index contributed by atoms with van der Waals surface area (Å²) in [5, 5.41) is 17.4. The molecule has 3 nitrogen and oxygen atoms in total. The Morgan fingerprint density at radius 1 is 1.29 bits per heavy atom. The van der Waals surface area contributed by atoms with Crippen molar-refractivity contribution in [1.29, 1.82) is 5.26 Å². The van der Waals surface area contributed by atoms with Gasteiger partial charge in [0.2, 0.25) is 5.82 Å². The molecular formula is C9H5F5N2O. The summed E-state index contributed by atoms with van der Waals surface area (Å²) in [4.78, 5) is 0. The van der Waals surface area contributed by atoms with Gasteiger partial charge in [-0.2, -0.15) is 22.8 Å². The fraction of sp³-hybridized carbons (Fsp3) is 0.222. The molecule has 0 fully saturated rings. The molecule has 1 rings (SSSR count). The van der Waals surface area contributed by atoms with Gasteiger partial charge in [-0.15, -0.1) is 0 Å². The first-order valence-electron chi connectivity index (χ1n) is 4.13. The van der Waals surface area contributed by atoms with Crippen LogP contribution in [0, 0.1) is 23.0 Å². The Morgan fingerprint density at radius 3 is 2.24 bits per heavy atom. The Morgan fingerprint density at radius 2 is 1.82 bits per heavy atom. The lowest BCUT2D eigenvalue weighted by Crippen LogP contribution is -2.28. The standard InChI is InChI=1S/C9H5F5N2O/c10-5-3(2-15)1-4(7(17)6(5)11)8(16)9(12,13)14/h1,8,17H,16H2/t8-/m1/s1. The van der Waals surface area contributed by atoms with Crippen LogP contribution in [0.3, 0.4) is 0 Å². The number of alkyl halides is 3. The summed E-state index contributed by atoms with van der Waals surface area (Å²) < 4.78 is 62.7. The summed E-state index contributed by atoms with van der Waals surface area (Å²) in [7, 11) is 0. The van der Waals surface area contributed by atoms with E-state index in [1.54, 1.807) is 0 Å². The predicted octanol–water partition coefficient (Wildman–Crippen LogP) is 2.10. The molecule has 1 aromatic rings. The number of aromatic hydroxyl groups is 1. The van der Waals surface area contributed by atoms with E-state index >= 15 is 0 Å². The zero-order valence-corrected chi connectivity index (χ0v) is 8.02. The van der Waals surface area contributed by atoms with Gasteiger partial charge < -0.3 is 10.8 Å². The molecule has 0 aliphatic carbocycles. The number of halogens is 5. The monoisotopic (exact) mass is 252 g/mol. The van der Waals surface area contributed by atoms with Gasteiger partial charge >= 0.3 is 6.18 Å². The smallest absolute Gasteiger partial charge is 0.407 e. The van der Waals surface area contributed by atoms with E-state index in [2.05, 4.69) is 0 Å². The lowest BCUT2D eigenvalue weighted by Gasteiger charge is -2.17. The van der Waals surface area contributed by atoms with Crippen LogP contribution < -0.4 is 5.73 Å². The molecule has 17 heavy (non-hydrogen) atoms. The van der Waals surface area contributed by atoms with Gasteiger partial charge in [-0.25, -0.2) is 4.39 Å². The van der Waals surface area contributed by atoms with Crippen LogP contribution in [-0.4, -0.2) is 11.3 Å². The van der Waals surface area contributed by atoms with E-state index in [0.29, 0.717) is 6.07 Å². The van der Waals surface area contributed by atoms with E-state index in [0.717, 1.165) is 6.07 Å². The first-order valence-corrected chi connectivity index (χ1v) is 4.13. The van der Waals surface area contributed by atoms with Crippen molar-refractivity contribution in [3.8, 4) is 11.8 Å². The Labute approximate surface area is 91.9 Å². The number of nitrogens with two attached hydrogens (primary N) is 1. The molecule has 8 heteroatoms. The zero-order valence-electron chi connectivity index (χ0n) is 8.02. The molecule has 0 aliphatic rings. The molecular weight excluding hydrogens is 247 g/mol. The minimum Gasteiger partial charge on any atom is -0.505 e. The van der Waals surface area contributed by atoms with Gasteiger partial charge in [-0.3, -0.25) is 0 Å². The Bertz CT molecular complexity index is 492. The first-order chi connectivity index (χ1) is 7.70. The van der Waals surface area contributed by atoms with Crippen LogP contribution in [-0.2, 0) is 0 Å². The molecule has 0 saturated carbocycles. The van der Waals surface area contributed by atoms with Gasteiger partial charge in [0.1, 0.15) is 12.1 Å². The minimum absolute atomic E-state index is 0.367. The summed E-state index contributed by atoms with van der Waals surface area (Å²) >= 11 is 0. The molecule has 1 aromatic carbocycles. The van der Waals surface area contributed by atoms with Crippen LogP contribution in [0.25, 0.3) is 0 Å². The second-order valence-corrected chi connectivity index (χ2v) is 3.12. The molecule has 0 amide bonds. The summed E-state index contributed by atoms with van der Waals surface area (Å²) in [6, 6.07) is -1.18. The summed E-state index contributed by atoms with van der Waals surface area (Å²) in [5.41, 5.74) is 2.68. The maximum absolute atomic E-state index is 13.0. The van der Waals surface area contributed by atoms with E-state index in [9.17, 15) is 22.0 Å². The highest BCUT2D eigenvalue weighted by molar-refractivity contribution is 5.45. The van der Waals surface area contributed by atoms with Gasteiger partial charge in [-0.05, 0) is 6.07 Å². The van der Waals surface area contributed by atoms with Gasteiger partial charge in [0.15, 0.2) is 11.6 Å². The second kappa shape index (κ2) is 4.18. The fourth-order valence-electron chi connectivity index (χ4n) is 1.13. The number of rotatable bonds is 1. The number of hydrogen-bond acceptors (Lipinski definition) is 3. The molecule has 3 N–H and O–H groups in total. The topological polar surface area (TPSA) is 70.0 Å². The minimum atomic E-state index is -4.95. The van der Waals surface area contributed by atoms with Gasteiger partial charge in [-0.1, -0.05) is 0 Å². The third-order valence-corrected chi connectivity index (χ3v) is 2.02. The molecule has 92 valence electrons. The number of nitrogens with zero attached hydrogens (tertiary/aromatic N) is 1. The zero-order chi connectivity index (χ0) is 13.4. The molecule has 0 unspecified atom stereocenters. The Kier molecular flexibility index (Phi) is 3.24. The summed E-state index contributed by atoms with van der Waals surface area (Å²) in [5.74, 6) is -5.20. The Balaban J connectivity index is 3.47. The SMILES string of the molecule is N#Cc1cc([C@@H](N)C(F)(F)F)c(O)c(F)c1F. The maximum atomic E-state index is 13.0. The highest BCUT2D eigenvalue weighted by atomic mass is 19.4. The average Bonchev–Trinajstić information content (AvgIpc) is 2.24. The van der Waals surface area contributed by atoms with Crippen LogP contribution in [0.15, 0.2) is 6.07 Å². The van der Waals surface area contributed by atoms with Crippen LogP contribution in [0.4, 0.5) is 22.0 Å². The number of benzene rings is 1. The molecule has 0 bridgehead atoms. The van der Waals surface area contributed by atoms with Gasteiger partial charge in [0, 0.05) is 5.56 Å². The number of phenolic OH excluding ortho intramolecular Hbond substituents is 1. The Hall–Kier alpha value is -1.88. The second-order valence-electron chi connectivity index (χ2n) is 3.12. The van der Waals surface area contributed by atoms with Crippen molar-refractivity contribution in [2.45, 2.75) is 12.2 Å². The van der Waals surface area contributed by atoms with Crippen molar-refractivity contribution < 1.29 is 27.1 Å². The van der Waals surface area contributed by atoms with E-state index in [4.69, 9.17) is 16.1 Å². The van der Waals surface area contributed by atoms with Crippen LogP contribution in [0.1, 0.15) is 17.2 Å². The van der Waals surface area contributed by atoms with E-state index in [1.807, 2.05) is 0 Å². The highest BCUT2D eigenvalue weighted by Gasteiger charge is 2.40. The average molecular weight is 252 g/mol. The van der Waals surface area contributed by atoms with Crippen molar-refractivity contribution in [3.63, 3.8) is 0 Å². The van der Waals surface area contributed by atoms with Gasteiger partial charge in [0.05, 0.1) is 5.56 Å². The normalized spacial score (nSPS) is 13.2. The molecule has 0 heterocycles. The highest BCUT2D eigenvalue weighted by Crippen LogP contribution is 2.37. The lowest BCUT2D eigenvalue weighted by molar-refractivity contribution is -0.149. The molecule has 1 atom stereocenters. The number of nitriles is 1. The fourth-order valence-corrected chi connectivity index (χ4v) is 1.13. The van der Waals surface area contributed by atoms with Crippen LogP contribution in [0.5, 0.6) is 5.75 Å². The van der Waals surface area contributed by atoms with Crippen molar-refractivity contribution in [3.05, 3.63) is 28.8 Å². The van der Waals surface area contributed by atoms with E-state index in [-0.39, 0.29) is 0 Å².